The van der Waals surface area contributed by atoms with Crippen molar-refractivity contribution in [3.8, 4) is 17.0 Å². The molecule has 8 heteroatoms. The summed E-state index contributed by atoms with van der Waals surface area (Å²) in [5.74, 6) is 1.60. The van der Waals surface area contributed by atoms with Crippen LogP contribution in [0.5, 0.6) is 5.75 Å². The van der Waals surface area contributed by atoms with E-state index in [9.17, 15) is 0 Å². The monoisotopic (exact) mass is 455 g/mol. The third-order valence-electron chi connectivity index (χ3n) is 4.16. The maximum Gasteiger partial charge on any atom is 0.189 e. The first-order chi connectivity index (χ1) is 13.6. The Bertz CT molecular complexity index is 1090. The van der Waals surface area contributed by atoms with Crippen LogP contribution in [0.25, 0.3) is 11.3 Å². The zero-order valence-corrected chi connectivity index (χ0v) is 17.8. The first-order valence-electron chi connectivity index (χ1n) is 8.63. The van der Waals surface area contributed by atoms with Crippen molar-refractivity contribution in [1.82, 2.24) is 19.7 Å². The van der Waals surface area contributed by atoms with E-state index in [1.165, 1.54) is 0 Å². The second-order valence-corrected chi connectivity index (χ2v) is 8.18. The van der Waals surface area contributed by atoms with Gasteiger partial charge in [-0.2, -0.15) is 5.10 Å². The van der Waals surface area contributed by atoms with E-state index in [2.05, 4.69) is 38.3 Å². The standard InChI is InChI=1S/C20H18BrN5OS/c1-13-19(25-20(28-13)24-18-5-3-4-17(21)23-18)15-10-22-26(12-15)11-14-6-8-16(27-2)9-7-14/h3-10,12H,11H2,1-2H3,(H,23,24,25). The molecule has 0 unspecified atom stereocenters. The highest BCUT2D eigenvalue weighted by molar-refractivity contribution is 9.10. The minimum Gasteiger partial charge on any atom is -0.497 e. The predicted octanol–water partition coefficient (Wildman–Crippen LogP) is 5.27. The molecule has 28 heavy (non-hydrogen) atoms. The molecule has 4 rings (SSSR count). The van der Waals surface area contributed by atoms with Crippen molar-refractivity contribution in [1.29, 1.82) is 0 Å². The van der Waals surface area contributed by atoms with Crippen molar-refractivity contribution in [3.63, 3.8) is 0 Å². The number of aromatic nitrogens is 4. The van der Waals surface area contributed by atoms with Crippen LogP contribution in [0, 0.1) is 6.92 Å². The minimum absolute atomic E-state index is 0.695. The molecule has 0 fully saturated rings. The fraction of sp³-hybridized carbons (Fsp3) is 0.150. The second kappa shape index (κ2) is 8.12. The Morgan fingerprint density at radius 2 is 1.96 bits per heavy atom. The number of pyridine rings is 1. The lowest BCUT2D eigenvalue weighted by molar-refractivity contribution is 0.414. The summed E-state index contributed by atoms with van der Waals surface area (Å²) in [6, 6.07) is 13.7. The molecule has 4 aromatic rings. The topological polar surface area (TPSA) is 64.9 Å². The maximum atomic E-state index is 5.20. The molecule has 0 atom stereocenters. The van der Waals surface area contributed by atoms with Gasteiger partial charge in [-0.15, -0.1) is 11.3 Å². The van der Waals surface area contributed by atoms with Crippen LogP contribution >= 0.6 is 27.3 Å². The molecule has 142 valence electrons. The van der Waals surface area contributed by atoms with E-state index in [0.717, 1.165) is 43.0 Å². The molecule has 0 saturated carbocycles. The summed E-state index contributed by atoms with van der Waals surface area (Å²) < 4.78 is 7.90. The number of nitrogens with one attached hydrogen (secondary N) is 1. The lowest BCUT2D eigenvalue weighted by atomic mass is 10.2. The van der Waals surface area contributed by atoms with Crippen LogP contribution in [0.2, 0.25) is 0 Å². The Morgan fingerprint density at radius 1 is 1.14 bits per heavy atom. The average molecular weight is 456 g/mol. The summed E-state index contributed by atoms with van der Waals surface area (Å²) in [4.78, 5) is 10.2. The zero-order chi connectivity index (χ0) is 19.5. The van der Waals surface area contributed by atoms with Crippen molar-refractivity contribution < 1.29 is 4.74 Å². The maximum absolute atomic E-state index is 5.20. The summed E-state index contributed by atoms with van der Waals surface area (Å²) in [7, 11) is 1.67. The predicted molar refractivity (Wildman–Crippen MR) is 115 cm³/mol. The summed E-state index contributed by atoms with van der Waals surface area (Å²) in [5.41, 5.74) is 3.09. The third kappa shape index (κ3) is 4.23. The molecule has 0 aliphatic carbocycles. The van der Waals surface area contributed by atoms with Crippen LogP contribution < -0.4 is 10.1 Å². The van der Waals surface area contributed by atoms with Gasteiger partial charge >= 0.3 is 0 Å². The van der Waals surface area contributed by atoms with Gasteiger partial charge in [-0.3, -0.25) is 4.68 Å². The van der Waals surface area contributed by atoms with Gasteiger partial charge in [0.2, 0.25) is 0 Å². The third-order valence-corrected chi connectivity index (χ3v) is 5.48. The SMILES string of the molecule is COc1ccc(Cn2cc(-c3nc(Nc4cccc(Br)n4)sc3C)cn2)cc1. The summed E-state index contributed by atoms with van der Waals surface area (Å²) in [6.07, 6.45) is 3.88. The van der Waals surface area contributed by atoms with E-state index in [4.69, 9.17) is 9.72 Å². The zero-order valence-electron chi connectivity index (χ0n) is 15.4. The average Bonchev–Trinajstić information content (AvgIpc) is 3.28. The van der Waals surface area contributed by atoms with E-state index in [0.29, 0.717) is 6.54 Å². The van der Waals surface area contributed by atoms with Gasteiger partial charge in [0.1, 0.15) is 16.2 Å². The number of aryl methyl sites for hydroxylation is 1. The molecule has 3 heterocycles. The number of anilines is 2. The van der Waals surface area contributed by atoms with Gasteiger partial charge in [-0.1, -0.05) is 18.2 Å². The molecule has 1 aromatic carbocycles. The van der Waals surface area contributed by atoms with Crippen molar-refractivity contribution in [2.24, 2.45) is 0 Å². The normalized spacial score (nSPS) is 10.8. The van der Waals surface area contributed by atoms with E-state index >= 15 is 0 Å². The number of benzene rings is 1. The van der Waals surface area contributed by atoms with E-state index in [1.807, 2.05) is 59.5 Å². The highest BCUT2D eigenvalue weighted by Crippen LogP contribution is 2.31. The largest absolute Gasteiger partial charge is 0.497 e. The molecule has 0 saturated heterocycles. The van der Waals surface area contributed by atoms with Crippen molar-refractivity contribution in [2.45, 2.75) is 13.5 Å². The Morgan fingerprint density at radius 3 is 2.71 bits per heavy atom. The van der Waals surface area contributed by atoms with Gasteiger partial charge in [0.25, 0.3) is 0 Å². The van der Waals surface area contributed by atoms with Gasteiger partial charge in [-0.25, -0.2) is 9.97 Å². The quantitative estimate of drug-likeness (QED) is 0.401. The summed E-state index contributed by atoms with van der Waals surface area (Å²) in [5, 5.41) is 8.55. The van der Waals surface area contributed by atoms with Gasteiger partial charge < -0.3 is 10.1 Å². The fourth-order valence-corrected chi connectivity index (χ4v) is 3.98. The van der Waals surface area contributed by atoms with Gasteiger partial charge in [-0.05, 0) is 52.7 Å². The highest BCUT2D eigenvalue weighted by atomic mass is 79.9. The van der Waals surface area contributed by atoms with Crippen molar-refractivity contribution in [3.05, 3.63) is 69.9 Å². The molecule has 0 radical (unpaired) electrons. The van der Waals surface area contributed by atoms with Crippen molar-refractivity contribution >= 4 is 38.2 Å². The summed E-state index contributed by atoms with van der Waals surface area (Å²) >= 11 is 4.98. The number of halogens is 1. The van der Waals surface area contributed by atoms with Gasteiger partial charge in [0.15, 0.2) is 5.13 Å². The smallest absolute Gasteiger partial charge is 0.189 e. The highest BCUT2D eigenvalue weighted by Gasteiger charge is 2.12. The Balaban J connectivity index is 1.51. The lowest BCUT2D eigenvalue weighted by Crippen LogP contribution is -1.99. The number of thiazole rings is 1. The first kappa shape index (κ1) is 18.6. The molecule has 3 aromatic heterocycles. The Hall–Kier alpha value is -2.71. The molecular weight excluding hydrogens is 438 g/mol. The number of hydrogen-bond acceptors (Lipinski definition) is 6. The number of methoxy groups -OCH3 is 1. The number of nitrogens with zero attached hydrogens (tertiary/aromatic N) is 4. The van der Waals surface area contributed by atoms with Crippen LogP contribution in [0.15, 0.2) is 59.5 Å². The molecule has 0 spiro atoms. The summed E-state index contributed by atoms with van der Waals surface area (Å²) in [6.45, 7) is 2.76. The van der Waals surface area contributed by atoms with Crippen LogP contribution in [-0.2, 0) is 6.54 Å². The molecule has 0 aliphatic rings. The van der Waals surface area contributed by atoms with E-state index in [1.54, 1.807) is 18.4 Å². The molecule has 0 aliphatic heterocycles. The molecular formula is C20H18BrN5OS. The van der Waals surface area contributed by atoms with Crippen LogP contribution in [0.4, 0.5) is 10.9 Å². The van der Waals surface area contributed by atoms with Gasteiger partial charge in [0.05, 0.1) is 25.5 Å². The molecule has 6 nitrogen and oxygen atoms in total. The van der Waals surface area contributed by atoms with Crippen LogP contribution in [0.1, 0.15) is 10.4 Å². The molecule has 1 N–H and O–H groups in total. The van der Waals surface area contributed by atoms with E-state index in [-0.39, 0.29) is 0 Å². The lowest BCUT2D eigenvalue weighted by Gasteiger charge is -2.03. The first-order valence-corrected chi connectivity index (χ1v) is 10.2. The number of hydrogen-bond donors (Lipinski definition) is 1. The minimum atomic E-state index is 0.695. The van der Waals surface area contributed by atoms with E-state index < -0.39 is 0 Å². The fourth-order valence-electron chi connectivity index (χ4n) is 2.80. The second-order valence-electron chi connectivity index (χ2n) is 6.17. The van der Waals surface area contributed by atoms with Gasteiger partial charge in [0, 0.05) is 16.6 Å². The number of ether oxygens (including phenoxy) is 1. The van der Waals surface area contributed by atoms with Crippen LogP contribution in [0.3, 0.4) is 0 Å². The molecule has 0 amide bonds. The number of rotatable bonds is 6. The van der Waals surface area contributed by atoms with Crippen molar-refractivity contribution in [2.75, 3.05) is 12.4 Å². The van der Waals surface area contributed by atoms with Crippen LogP contribution in [-0.4, -0.2) is 26.9 Å². The Kier molecular flexibility index (Phi) is 5.40. The molecule has 0 bridgehead atoms. The Labute approximate surface area is 175 Å².